The predicted molar refractivity (Wildman–Crippen MR) is 105 cm³/mol. The average molecular weight is 384 g/mol. The summed E-state index contributed by atoms with van der Waals surface area (Å²) in [5.74, 6) is 1.29. The molecule has 1 aromatic carbocycles. The van der Waals surface area contributed by atoms with E-state index in [1.54, 1.807) is 24.4 Å². The van der Waals surface area contributed by atoms with Gasteiger partial charge in [-0.3, -0.25) is 14.6 Å². The minimum absolute atomic E-state index is 0.195. The molecule has 1 saturated heterocycles. The number of aromatic nitrogens is 1. The van der Waals surface area contributed by atoms with Crippen LogP contribution < -0.4 is 19.7 Å². The topological polar surface area (TPSA) is 84.0 Å². The van der Waals surface area contributed by atoms with E-state index in [0.29, 0.717) is 37.6 Å². The molecular weight excluding hydrogens is 360 g/mol. The van der Waals surface area contributed by atoms with Crippen LogP contribution in [0.25, 0.3) is 0 Å². The lowest BCUT2D eigenvalue weighted by atomic mass is 10.2. The van der Waals surface area contributed by atoms with Crippen LogP contribution in [0.4, 0.5) is 5.69 Å². The molecule has 1 N–H and O–H groups in total. The summed E-state index contributed by atoms with van der Waals surface area (Å²) in [6.45, 7) is 3.53. The van der Waals surface area contributed by atoms with E-state index in [0.717, 1.165) is 30.9 Å². The molecule has 0 bridgehead atoms. The minimum atomic E-state index is -0.195. The maximum Gasteiger partial charge on any atom is 0.253 e. The lowest BCUT2D eigenvalue weighted by Gasteiger charge is -2.34. The largest absolute Gasteiger partial charge is 0.497 e. The van der Waals surface area contributed by atoms with Crippen molar-refractivity contribution < 1.29 is 19.1 Å². The van der Waals surface area contributed by atoms with E-state index >= 15 is 0 Å². The first-order valence-corrected chi connectivity index (χ1v) is 9.14. The van der Waals surface area contributed by atoms with Crippen LogP contribution in [0.3, 0.4) is 0 Å². The summed E-state index contributed by atoms with van der Waals surface area (Å²) in [7, 11) is 1.61. The molecule has 2 aromatic rings. The number of nitrogens with one attached hydrogen (secondary N) is 1. The Kier molecular flexibility index (Phi) is 6.67. The van der Waals surface area contributed by atoms with Crippen LogP contribution in [0.5, 0.6) is 11.5 Å². The summed E-state index contributed by atoms with van der Waals surface area (Å²) in [5, 5.41) is 2.84. The highest BCUT2D eigenvalue weighted by atomic mass is 16.5. The number of anilines is 1. The summed E-state index contributed by atoms with van der Waals surface area (Å²) in [6.07, 6.45) is 4.15. The van der Waals surface area contributed by atoms with Crippen molar-refractivity contribution in [2.45, 2.75) is 0 Å². The van der Waals surface area contributed by atoms with Gasteiger partial charge < -0.3 is 24.6 Å². The fourth-order valence-corrected chi connectivity index (χ4v) is 2.92. The first kappa shape index (κ1) is 19.5. The summed E-state index contributed by atoms with van der Waals surface area (Å²) < 4.78 is 10.7. The maximum absolute atomic E-state index is 12.4. The second-order valence-electron chi connectivity index (χ2n) is 6.34. The molecule has 1 aliphatic heterocycles. The molecule has 0 atom stereocenters. The molecule has 1 aliphatic rings. The van der Waals surface area contributed by atoms with Crippen molar-refractivity contribution in [3.63, 3.8) is 0 Å². The molecule has 0 saturated carbocycles. The highest BCUT2D eigenvalue weighted by molar-refractivity contribution is 5.94. The number of ether oxygens (including phenoxy) is 2. The van der Waals surface area contributed by atoms with E-state index < -0.39 is 0 Å². The number of nitrogens with zero attached hydrogens (tertiary/aromatic N) is 3. The van der Waals surface area contributed by atoms with E-state index in [4.69, 9.17) is 9.47 Å². The highest BCUT2D eigenvalue weighted by Gasteiger charge is 2.17. The second kappa shape index (κ2) is 9.59. The third kappa shape index (κ3) is 5.12. The molecule has 0 unspecified atom stereocenters. The number of carbonyl (C=O) groups is 2. The molecule has 1 fully saturated rings. The summed E-state index contributed by atoms with van der Waals surface area (Å²) >= 11 is 0. The van der Waals surface area contributed by atoms with Gasteiger partial charge in [0, 0.05) is 32.4 Å². The fourth-order valence-electron chi connectivity index (χ4n) is 2.92. The van der Waals surface area contributed by atoms with Crippen molar-refractivity contribution in [1.29, 1.82) is 0 Å². The molecule has 0 aliphatic carbocycles. The van der Waals surface area contributed by atoms with Crippen molar-refractivity contribution in [3.8, 4) is 11.5 Å². The third-order valence-electron chi connectivity index (χ3n) is 4.53. The molecule has 0 spiro atoms. The molecule has 8 nitrogen and oxygen atoms in total. The van der Waals surface area contributed by atoms with Crippen LogP contribution in [0, 0.1) is 0 Å². The van der Waals surface area contributed by atoms with Gasteiger partial charge >= 0.3 is 0 Å². The molecule has 8 heteroatoms. The maximum atomic E-state index is 12.4. The standard InChI is InChI=1S/C20H24N4O4/c1-27-18-2-4-19(5-3-18)28-11-6-22-20(26)16-12-17(14-21-13-16)24-9-7-23(15-25)8-10-24/h2-5,12-15H,6-11H2,1H3,(H,22,26). The van der Waals surface area contributed by atoms with Gasteiger partial charge in [0.15, 0.2) is 0 Å². The highest BCUT2D eigenvalue weighted by Crippen LogP contribution is 2.17. The predicted octanol–water partition coefficient (Wildman–Crippen LogP) is 1.18. The lowest BCUT2D eigenvalue weighted by Crippen LogP contribution is -2.45. The molecule has 148 valence electrons. The molecule has 0 radical (unpaired) electrons. The number of benzene rings is 1. The zero-order chi connectivity index (χ0) is 19.8. The molecular formula is C20H24N4O4. The fraction of sp³-hybridized carbons (Fsp3) is 0.350. The van der Waals surface area contributed by atoms with Crippen molar-refractivity contribution >= 4 is 18.0 Å². The van der Waals surface area contributed by atoms with E-state index in [9.17, 15) is 9.59 Å². The van der Waals surface area contributed by atoms with Gasteiger partial charge in [-0.25, -0.2) is 0 Å². The number of amides is 2. The second-order valence-corrected chi connectivity index (χ2v) is 6.34. The molecule has 3 rings (SSSR count). The number of hydrogen-bond acceptors (Lipinski definition) is 6. The summed E-state index contributed by atoms with van der Waals surface area (Å²) in [4.78, 5) is 31.2. The summed E-state index contributed by atoms with van der Waals surface area (Å²) in [5.41, 5.74) is 1.38. The van der Waals surface area contributed by atoms with Gasteiger partial charge in [-0.1, -0.05) is 0 Å². The quantitative estimate of drug-likeness (QED) is 0.544. The smallest absolute Gasteiger partial charge is 0.253 e. The number of methoxy groups -OCH3 is 1. The first-order valence-electron chi connectivity index (χ1n) is 9.14. The molecule has 1 aromatic heterocycles. The van der Waals surface area contributed by atoms with Crippen molar-refractivity contribution in [1.82, 2.24) is 15.2 Å². The minimum Gasteiger partial charge on any atom is -0.497 e. The number of pyridine rings is 1. The van der Waals surface area contributed by atoms with Crippen LogP contribution in [0.1, 0.15) is 10.4 Å². The van der Waals surface area contributed by atoms with Crippen LogP contribution in [-0.4, -0.2) is 68.6 Å². The first-order chi connectivity index (χ1) is 13.7. The Hall–Kier alpha value is -3.29. The van der Waals surface area contributed by atoms with Crippen molar-refractivity contribution in [2.24, 2.45) is 0 Å². The normalized spacial score (nSPS) is 13.8. The zero-order valence-corrected chi connectivity index (χ0v) is 15.8. The molecule has 2 heterocycles. The SMILES string of the molecule is COc1ccc(OCCNC(=O)c2cncc(N3CCN(C=O)CC3)c2)cc1. The van der Waals surface area contributed by atoms with Crippen molar-refractivity contribution in [3.05, 3.63) is 48.3 Å². The number of carbonyl (C=O) groups excluding carboxylic acids is 2. The summed E-state index contributed by atoms with van der Waals surface area (Å²) in [6, 6.07) is 9.10. The van der Waals surface area contributed by atoms with Gasteiger partial charge in [0.05, 0.1) is 31.1 Å². The Morgan fingerprint density at radius 1 is 1.14 bits per heavy atom. The molecule has 28 heavy (non-hydrogen) atoms. The van der Waals surface area contributed by atoms with E-state index in [1.807, 2.05) is 30.3 Å². The number of rotatable bonds is 8. The van der Waals surface area contributed by atoms with Gasteiger partial charge in [-0.15, -0.1) is 0 Å². The lowest BCUT2D eigenvalue weighted by molar-refractivity contribution is -0.118. The Morgan fingerprint density at radius 2 is 1.86 bits per heavy atom. The van der Waals surface area contributed by atoms with Gasteiger partial charge in [0.25, 0.3) is 5.91 Å². The van der Waals surface area contributed by atoms with E-state index in [2.05, 4.69) is 15.2 Å². The van der Waals surface area contributed by atoms with Crippen LogP contribution in [0.15, 0.2) is 42.7 Å². The zero-order valence-electron chi connectivity index (χ0n) is 15.8. The Balaban J connectivity index is 1.47. The Bertz CT molecular complexity index is 789. The van der Waals surface area contributed by atoms with Crippen LogP contribution in [0.2, 0.25) is 0 Å². The number of piperazine rings is 1. The monoisotopic (exact) mass is 384 g/mol. The van der Waals surface area contributed by atoms with Gasteiger partial charge in [-0.2, -0.15) is 0 Å². The Morgan fingerprint density at radius 3 is 2.54 bits per heavy atom. The van der Waals surface area contributed by atoms with Crippen molar-refractivity contribution in [2.75, 3.05) is 51.3 Å². The average Bonchev–Trinajstić information content (AvgIpc) is 2.77. The van der Waals surface area contributed by atoms with E-state index in [-0.39, 0.29) is 5.91 Å². The third-order valence-corrected chi connectivity index (χ3v) is 4.53. The van der Waals surface area contributed by atoms with Crippen LogP contribution >= 0.6 is 0 Å². The van der Waals surface area contributed by atoms with Gasteiger partial charge in [-0.05, 0) is 30.3 Å². The van der Waals surface area contributed by atoms with E-state index in [1.165, 1.54) is 0 Å². The Labute approximate surface area is 164 Å². The number of hydrogen-bond donors (Lipinski definition) is 1. The van der Waals surface area contributed by atoms with Gasteiger partial charge in [0.1, 0.15) is 18.1 Å². The van der Waals surface area contributed by atoms with Crippen LogP contribution in [-0.2, 0) is 4.79 Å². The molecule has 2 amide bonds. The van der Waals surface area contributed by atoms with Gasteiger partial charge in [0.2, 0.25) is 6.41 Å².